The maximum Gasteiger partial charge on any atom is 0.280 e. The number of nitrogens with zero attached hydrogens (tertiary/aromatic N) is 4. The zero-order valence-corrected chi connectivity index (χ0v) is 16.1. The lowest BCUT2D eigenvalue weighted by molar-refractivity contribution is 0.0950. The molecule has 7 heteroatoms. The maximum atomic E-state index is 13.3. The molecule has 0 radical (unpaired) electrons. The van der Waals surface area contributed by atoms with Gasteiger partial charge in [0.2, 0.25) is 0 Å². The third-order valence-corrected chi connectivity index (χ3v) is 5.45. The highest BCUT2D eigenvalue weighted by atomic mass is 16.5. The molecule has 0 amide bonds. The van der Waals surface area contributed by atoms with E-state index in [-0.39, 0.29) is 11.7 Å². The van der Waals surface area contributed by atoms with Crippen molar-refractivity contribution in [1.82, 2.24) is 14.8 Å². The number of hydrogen-bond acceptors (Lipinski definition) is 6. The SMILES string of the molecule is COc1ccc2cc3c(N)nn(C(=O)c4cccc(N5CCCC5)c4)c3nc2c1. The number of nitrogen functional groups attached to an aromatic ring is 1. The van der Waals surface area contributed by atoms with Gasteiger partial charge in [-0.05, 0) is 49.2 Å². The lowest BCUT2D eigenvalue weighted by atomic mass is 10.1. The van der Waals surface area contributed by atoms with Crippen LogP contribution in [-0.2, 0) is 0 Å². The van der Waals surface area contributed by atoms with Crippen molar-refractivity contribution in [3.63, 3.8) is 0 Å². The molecule has 0 aliphatic carbocycles. The fourth-order valence-corrected chi connectivity index (χ4v) is 3.90. The van der Waals surface area contributed by atoms with Gasteiger partial charge in [-0.3, -0.25) is 4.79 Å². The molecule has 1 aliphatic rings. The molecule has 1 aliphatic heterocycles. The number of nitrogens with two attached hydrogens (primary N) is 1. The molecular weight excluding hydrogens is 366 g/mol. The highest BCUT2D eigenvalue weighted by molar-refractivity contribution is 6.05. The smallest absolute Gasteiger partial charge is 0.280 e. The van der Waals surface area contributed by atoms with E-state index in [1.54, 1.807) is 13.2 Å². The van der Waals surface area contributed by atoms with Crippen molar-refractivity contribution < 1.29 is 9.53 Å². The molecule has 2 aromatic carbocycles. The number of ether oxygens (including phenoxy) is 1. The van der Waals surface area contributed by atoms with Gasteiger partial charge in [0.25, 0.3) is 5.91 Å². The Morgan fingerprint density at radius 3 is 2.72 bits per heavy atom. The topological polar surface area (TPSA) is 86.3 Å². The molecule has 0 bridgehead atoms. The second-order valence-electron chi connectivity index (χ2n) is 7.26. The first-order valence-electron chi connectivity index (χ1n) is 9.67. The first-order chi connectivity index (χ1) is 14.1. The van der Waals surface area contributed by atoms with E-state index in [2.05, 4.69) is 15.0 Å². The van der Waals surface area contributed by atoms with Gasteiger partial charge in [0.05, 0.1) is 18.0 Å². The summed E-state index contributed by atoms with van der Waals surface area (Å²) < 4.78 is 6.59. The second-order valence-corrected chi connectivity index (χ2v) is 7.26. The highest BCUT2D eigenvalue weighted by Gasteiger charge is 2.20. The number of methoxy groups -OCH3 is 1. The minimum atomic E-state index is -0.248. The molecule has 146 valence electrons. The normalized spacial score (nSPS) is 14.0. The molecule has 0 spiro atoms. The predicted octanol–water partition coefficient (Wildman–Crippen LogP) is 3.46. The molecule has 2 aromatic heterocycles. The van der Waals surface area contributed by atoms with E-state index in [0.717, 1.165) is 29.7 Å². The van der Waals surface area contributed by atoms with Crippen molar-refractivity contribution in [2.45, 2.75) is 12.8 Å². The molecule has 1 saturated heterocycles. The fraction of sp³-hybridized carbons (Fsp3) is 0.227. The largest absolute Gasteiger partial charge is 0.497 e. The summed E-state index contributed by atoms with van der Waals surface area (Å²) in [6.45, 7) is 2.04. The molecule has 0 saturated carbocycles. The number of carbonyl (C=O) groups excluding carboxylic acids is 1. The van der Waals surface area contributed by atoms with Crippen LogP contribution in [0.3, 0.4) is 0 Å². The molecule has 0 atom stereocenters. The molecule has 2 N–H and O–H groups in total. The van der Waals surface area contributed by atoms with Gasteiger partial charge in [0, 0.05) is 35.8 Å². The standard InChI is InChI=1S/C22H21N5O2/c1-29-17-8-7-14-12-18-20(23)25-27(21(18)24-19(14)13-17)22(28)15-5-4-6-16(11-15)26-9-2-3-10-26/h4-8,11-13H,2-3,9-10H2,1H3,(H2,23,25). The van der Waals surface area contributed by atoms with Gasteiger partial charge in [-0.25, -0.2) is 4.98 Å². The summed E-state index contributed by atoms with van der Waals surface area (Å²) >= 11 is 0. The van der Waals surface area contributed by atoms with Gasteiger partial charge < -0.3 is 15.4 Å². The van der Waals surface area contributed by atoms with Crippen molar-refractivity contribution in [2.75, 3.05) is 30.8 Å². The first kappa shape index (κ1) is 17.5. The third-order valence-electron chi connectivity index (χ3n) is 5.45. The molecule has 29 heavy (non-hydrogen) atoms. The number of hydrogen-bond donors (Lipinski definition) is 1. The quantitative estimate of drug-likeness (QED) is 0.579. The summed E-state index contributed by atoms with van der Waals surface area (Å²) in [5.41, 5.74) is 8.89. The molecule has 0 unspecified atom stereocenters. The zero-order valence-electron chi connectivity index (χ0n) is 16.1. The van der Waals surface area contributed by atoms with E-state index < -0.39 is 0 Å². The summed E-state index contributed by atoms with van der Waals surface area (Å²) in [7, 11) is 1.61. The van der Waals surface area contributed by atoms with Gasteiger partial charge in [0.15, 0.2) is 11.5 Å². The van der Waals surface area contributed by atoms with Crippen molar-refractivity contribution >= 4 is 39.3 Å². The molecular formula is C22H21N5O2. The number of fused-ring (bicyclic) bond motifs is 2. The van der Waals surface area contributed by atoms with E-state index in [9.17, 15) is 4.79 Å². The Hall–Kier alpha value is -3.61. The van der Waals surface area contributed by atoms with E-state index in [1.165, 1.54) is 17.5 Å². The van der Waals surface area contributed by atoms with Gasteiger partial charge in [-0.15, -0.1) is 5.10 Å². The van der Waals surface area contributed by atoms with Gasteiger partial charge in [-0.2, -0.15) is 4.68 Å². The molecule has 3 heterocycles. The second kappa shape index (κ2) is 6.77. The molecule has 5 rings (SSSR count). The Labute approximate surface area is 167 Å². The Kier molecular flexibility index (Phi) is 4.08. The van der Waals surface area contributed by atoms with Crippen LogP contribution in [0.25, 0.3) is 21.9 Å². The Balaban J connectivity index is 1.61. The number of aromatic nitrogens is 3. The minimum Gasteiger partial charge on any atom is -0.497 e. The number of pyridine rings is 1. The number of rotatable bonds is 3. The monoisotopic (exact) mass is 387 g/mol. The minimum absolute atomic E-state index is 0.248. The van der Waals surface area contributed by atoms with Crippen molar-refractivity contribution in [3.8, 4) is 5.75 Å². The number of benzene rings is 2. The van der Waals surface area contributed by atoms with Crippen LogP contribution >= 0.6 is 0 Å². The van der Waals surface area contributed by atoms with Crippen LogP contribution in [0.2, 0.25) is 0 Å². The van der Waals surface area contributed by atoms with Crippen LogP contribution in [0.5, 0.6) is 5.75 Å². The lowest BCUT2D eigenvalue weighted by Gasteiger charge is -2.18. The lowest BCUT2D eigenvalue weighted by Crippen LogP contribution is -2.19. The van der Waals surface area contributed by atoms with Gasteiger partial charge in [0.1, 0.15) is 5.75 Å². The van der Waals surface area contributed by atoms with Gasteiger partial charge in [-0.1, -0.05) is 6.07 Å². The van der Waals surface area contributed by atoms with E-state index in [0.29, 0.717) is 22.3 Å². The van der Waals surface area contributed by atoms with Gasteiger partial charge >= 0.3 is 0 Å². The van der Waals surface area contributed by atoms with Crippen LogP contribution in [-0.4, -0.2) is 40.9 Å². The Morgan fingerprint density at radius 2 is 1.93 bits per heavy atom. The molecule has 7 nitrogen and oxygen atoms in total. The third kappa shape index (κ3) is 2.95. The van der Waals surface area contributed by atoms with Crippen LogP contribution in [0.1, 0.15) is 23.2 Å². The number of carbonyl (C=O) groups is 1. The summed E-state index contributed by atoms with van der Waals surface area (Å²) in [4.78, 5) is 20.2. The summed E-state index contributed by atoms with van der Waals surface area (Å²) in [5, 5.41) is 5.87. The highest BCUT2D eigenvalue weighted by Crippen LogP contribution is 2.28. The zero-order chi connectivity index (χ0) is 20.0. The average Bonchev–Trinajstić information content (AvgIpc) is 3.40. The fourth-order valence-electron chi connectivity index (χ4n) is 3.90. The van der Waals surface area contributed by atoms with E-state index in [1.807, 2.05) is 42.5 Å². The van der Waals surface area contributed by atoms with Crippen LogP contribution < -0.4 is 15.4 Å². The summed E-state index contributed by atoms with van der Waals surface area (Å²) in [5.74, 6) is 0.741. The summed E-state index contributed by atoms with van der Waals surface area (Å²) in [6, 6.07) is 15.2. The van der Waals surface area contributed by atoms with E-state index in [4.69, 9.17) is 10.5 Å². The van der Waals surface area contributed by atoms with Crippen LogP contribution in [0.4, 0.5) is 11.5 Å². The van der Waals surface area contributed by atoms with E-state index >= 15 is 0 Å². The molecule has 1 fully saturated rings. The predicted molar refractivity (Wildman–Crippen MR) is 114 cm³/mol. The van der Waals surface area contributed by atoms with Crippen molar-refractivity contribution in [2.24, 2.45) is 0 Å². The first-order valence-corrected chi connectivity index (χ1v) is 9.67. The summed E-state index contributed by atoms with van der Waals surface area (Å²) in [6.07, 6.45) is 2.36. The average molecular weight is 387 g/mol. The number of anilines is 2. The van der Waals surface area contributed by atoms with Crippen LogP contribution in [0, 0.1) is 0 Å². The maximum absolute atomic E-state index is 13.3. The Bertz CT molecular complexity index is 1240. The molecule has 4 aromatic rings. The van der Waals surface area contributed by atoms with Crippen molar-refractivity contribution in [1.29, 1.82) is 0 Å². The van der Waals surface area contributed by atoms with Crippen LogP contribution in [0.15, 0.2) is 48.5 Å². The van der Waals surface area contributed by atoms with Crippen molar-refractivity contribution in [3.05, 3.63) is 54.1 Å². The Morgan fingerprint density at radius 1 is 1.10 bits per heavy atom.